The normalized spacial score (nSPS) is 10.7. The second-order valence-electron chi connectivity index (χ2n) is 3.25. The first-order valence-corrected chi connectivity index (χ1v) is 6.13. The molecule has 0 unspecified atom stereocenters. The average Bonchev–Trinajstić information content (AvgIpc) is 2.54. The molecule has 2 aromatic rings. The van der Waals surface area contributed by atoms with Crippen molar-refractivity contribution in [1.82, 2.24) is 19.7 Å². The summed E-state index contributed by atoms with van der Waals surface area (Å²) in [4.78, 5) is 4.23. The highest BCUT2D eigenvalue weighted by molar-refractivity contribution is 9.10. The van der Waals surface area contributed by atoms with Crippen LogP contribution in [0.15, 0.2) is 26.9 Å². The summed E-state index contributed by atoms with van der Waals surface area (Å²) in [5, 5.41) is 9.67. The molecule has 0 fully saturated rings. The lowest BCUT2D eigenvalue weighted by atomic mass is 10.4. The first-order chi connectivity index (χ1) is 7.58. The third-order valence-electron chi connectivity index (χ3n) is 2.07. The van der Waals surface area contributed by atoms with E-state index in [1.165, 1.54) is 11.8 Å². The van der Waals surface area contributed by atoms with Crippen LogP contribution in [0.3, 0.4) is 0 Å². The Balaban J connectivity index is 2.30. The van der Waals surface area contributed by atoms with E-state index in [0.29, 0.717) is 5.69 Å². The van der Waals surface area contributed by atoms with Crippen molar-refractivity contribution in [3.8, 4) is 0 Å². The van der Waals surface area contributed by atoms with Gasteiger partial charge in [0.1, 0.15) is 10.9 Å². The predicted molar refractivity (Wildman–Crippen MR) is 66.2 cm³/mol. The molecule has 2 aromatic heterocycles. The molecule has 0 aromatic carbocycles. The second kappa shape index (κ2) is 4.42. The number of aryl methyl sites for hydroxylation is 1. The molecule has 7 heteroatoms. The first kappa shape index (κ1) is 11.4. The molecule has 16 heavy (non-hydrogen) atoms. The monoisotopic (exact) mass is 299 g/mol. The number of aromatic nitrogens is 4. The van der Waals surface area contributed by atoms with Gasteiger partial charge in [-0.25, -0.2) is 4.98 Å². The van der Waals surface area contributed by atoms with E-state index >= 15 is 0 Å². The van der Waals surface area contributed by atoms with E-state index in [-0.39, 0.29) is 0 Å². The van der Waals surface area contributed by atoms with Crippen LogP contribution in [-0.4, -0.2) is 19.7 Å². The summed E-state index contributed by atoms with van der Waals surface area (Å²) in [6.07, 6.45) is 1.62. The lowest BCUT2D eigenvalue weighted by Crippen LogP contribution is -1.94. The minimum atomic E-state index is 0.630. The molecule has 0 aliphatic rings. The summed E-state index contributed by atoms with van der Waals surface area (Å²) in [5.41, 5.74) is 6.25. The second-order valence-corrected chi connectivity index (χ2v) is 5.06. The molecule has 2 heterocycles. The summed E-state index contributed by atoms with van der Waals surface area (Å²) >= 11 is 4.86. The van der Waals surface area contributed by atoms with E-state index < -0.39 is 0 Å². The maximum Gasteiger partial charge on any atom is 0.197 e. The summed E-state index contributed by atoms with van der Waals surface area (Å²) in [6.45, 7) is 1.91. The van der Waals surface area contributed by atoms with Crippen molar-refractivity contribution in [1.29, 1.82) is 0 Å². The fraction of sp³-hybridized carbons (Fsp3) is 0.222. The molecule has 0 spiro atoms. The summed E-state index contributed by atoms with van der Waals surface area (Å²) < 4.78 is 2.77. The Morgan fingerprint density at radius 3 is 2.75 bits per heavy atom. The van der Waals surface area contributed by atoms with Crippen LogP contribution in [0.4, 0.5) is 5.69 Å². The summed E-state index contributed by atoms with van der Waals surface area (Å²) in [5.74, 6) is 0.870. The number of nitrogens with zero attached hydrogens (tertiary/aromatic N) is 4. The Labute approximate surface area is 106 Å². The van der Waals surface area contributed by atoms with Gasteiger partial charge in [0.15, 0.2) is 5.16 Å². The van der Waals surface area contributed by atoms with Crippen LogP contribution in [0.5, 0.6) is 0 Å². The first-order valence-electron chi connectivity index (χ1n) is 4.53. The van der Waals surface area contributed by atoms with E-state index in [2.05, 4.69) is 31.1 Å². The standard InChI is InChI=1S/C9H10BrN5S/c1-5-13-14-9(15(5)2)16-8-7(10)3-6(11)4-12-8/h3-4H,11H2,1-2H3. The van der Waals surface area contributed by atoms with E-state index in [0.717, 1.165) is 20.5 Å². The number of rotatable bonds is 2. The van der Waals surface area contributed by atoms with Gasteiger partial charge < -0.3 is 10.3 Å². The van der Waals surface area contributed by atoms with Gasteiger partial charge >= 0.3 is 0 Å². The highest BCUT2D eigenvalue weighted by atomic mass is 79.9. The van der Waals surface area contributed by atoms with Gasteiger partial charge in [0.05, 0.1) is 16.4 Å². The van der Waals surface area contributed by atoms with Crippen LogP contribution in [0.1, 0.15) is 5.82 Å². The number of nitrogen functional groups attached to an aromatic ring is 1. The van der Waals surface area contributed by atoms with Crippen LogP contribution in [-0.2, 0) is 7.05 Å². The molecule has 0 radical (unpaired) electrons. The van der Waals surface area contributed by atoms with Crippen LogP contribution in [0, 0.1) is 6.92 Å². The minimum Gasteiger partial charge on any atom is -0.397 e. The highest BCUT2D eigenvalue weighted by Crippen LogP contribution is 2.31. The zero-order valence-corrected chi connectivity index (χ0v) is 11.2. The third kappa shape index (κ3) is 2.19. The van der Waals surface area contributed by atoms with Gasteiger partial charge in [0.2, 0.25) is 0 Å². The quantitative estimate of drug-likeness (QED) is 0.919. The number of pyridine rings is 1. The Kier molecular flexibility index (Phi) is 3.15. The smallest absolute Gasteiger partial charge is 0.197 e. The molecule has 0 aliphatic carbocycles. The Hall–Kier alpha value is -1.08. The molecule has 0 saturated heterocycles. The Morgan fingerprint density at radius 1 is 1.44 bits per heavy atom. The molecule has 2 N–H and O–H groups in total. The van der Waals surface area contributed by atoms with E-state index in [1.54, 1.807) is 6.20 Å². The lowest BCUT2D eigenvalue weighted by Gasteiger charge is -2.03. The summed E-state index contributed by atoms with van der Waals surface area (Å²) in [6, 6.07) is 1.82. The molecular weight excluding hydrogens is 290 g/mol. The predicted octanol–water partition coefficient (Wildman–Crippen LogP) is 2.01. The zero-order valence-electron chi connectivity index (χ0n) is 8.81. The SMILES string of the molecule is Cc1nnc(Sc2ncc(N)cc2Br)n1C. The van der Waals surface area contributed by atoms with Gasteiger partial charge in [-0.15, -0.1) is 10.2 Å². The summed E-state index contributed by atoms with van der Waals surface area (Å²) in [7, 11) is 1.92. The number of halogens is 1. The van der Waals surface area contributed by atoms with Crippen molar-refractivity contribution in [2.45, 2.75) is 17.1 Å². The highest BCUT2D eigenvalue weighted by Gasteiger charge is 2.10. The van der Waals surface area contributed by atoms with Crippen molar-refractivity contribution in [3.05, 3.63) is 22.6 Å². The van der Waals surface area contributed by atoms with Gasteiger partial charge in [-0.3, -0.25) is 0 Å². The maximum atomic E-state index is 5.62. The molecule has 0 amide bonds. The van der Waals surface area contributed by atoms with Crippen molar-refractivity contribution in [3.63, 3.8) is 0 Å². The topological polar surface area (TPSA) is 69.6 Å². The van der Waals surface area contributed by atoms with Gasteiger partial charge in [-0.05, 0) is 40.7 Å². The lowest BCUT2D eigenvalue weighted by molar-refractivity contribution is 0.764. The molecule has 5 nitrogen and oxygen atoms in total. The van der Waals surface area contributed by atoms with Crippen LogP contribution < -0.4 is 5.73 Å². The van der Waals surface area contributed by atoms with Gasteiger partial charge in [0.25, 0.3) is 0 Å². The van der Waals surface area contributed by atoms with E-state index in [1.807, 2.05) is 24.6 Å². The van der Waals surface area contributed by atoms with E-state index in [9.17, 15) is 0 Å². The molecule has 0 saturated carbocycles. The van der Waals surface area contributed by atoms with Crippen molar-refractivity contribution in [2.24, 2.45) is 7.05 Å². The molecule has 0 aliphatic heterocycles. The molecule has 0 bridgehead atoms. The van der Waals surface area contributed by atoms with Crippen LogP contribution >= 0.6 is 27.7 Å². The fourth-order valence-electron chi connectivity index (χ4n) is 1.08. The zero-order chi connectivity index (χ0) is 11.7. The molecule has 2 rings (SSSR count). The van der Waals surface area contributed by atoms with Crippen molar-refractivity contribution < 1.29 is 0 Å². The minimum absolute atomic E-state index is 0.630. The Morgan fingerprint density at radius 2 is 2.19 bits per heavy atom. The van der Waals surface area contributed by atoms with Gasteiger partial charge in [-0.2, -0.15) is 0 Å². The largest absolute Gasteiger partial charge is 0.397 e. The third-order valence-corrected chi connectivity index (χ3v) is 3.99. The van der Waals surface area contributed by atoms with Crippen molar-refractivity contribution >= 4 is 33.4 Å². The van der Waals surface area contributed by atoms with Crippen LogP contribution in [0.2, 0.25) is 0 Å². The van der Waals surface area contributed by atoms with E-state index in [4.69, 9.17) is 5.73 Å². The molecule has 0 atom stereocenters. The fourth-order valence-corrected chi connectivity index (χ4v) is 2.47. The van der Waals surface area contributed by atoms with Gasteiger partial charge in [-0.1, -0.05) is 0 Å². The molecular formula is C9H10BrN5S. The number of nitrogens with two attached hydrogens (primary N) is 1. The molecule has 84 valence electrons. The Bertz CT molecular complexity index is 525. The maximum absolute atomic E-state index is 5.62. The number of anilines is 1. The number of hydrogen-bond donors (Lipinski definition) is 1. The van der Waals surface area contributed by atoms with Crippen molar-refractivity contribution in [2.75, 3.05) is 5.73 Å². The van der Waals surface area contributed by atoms with Crippen LogP contribution in [0.25, 0.3) is 0 Å². The average molecular weight is 300 g/mol. The van der Waals surface area contributed by atoms with Gasteiger partial charge in [0, 0.05) is 7.05 Å². The number of hydrogen-bond acceptors (Lipinski definition) is 5.